The maximum Gasteiger partial charge on any atom is 0.306 e. The highest BCUT2D eigenvalue weighted by Gasteiger charge is 2.26. The number of hydrogen-bond acceptors (Lipinski definition) is 7. The normalized spacial score (nSPS) is 12.1. The lowest BCUT2D eigenvalue weighted by molar-refractivity contribution is -0.144. The maximum absolute atomic E-state index is 12.3. The van der Waals surface area contributed by atoms with E-state index in [1.54, 1.807) is 11.3 Å². The van der Waals surface area contributed by atoms with Crippen molar-refractivity contribution in [3.8, 4) is 4.62 Å². The first-order valence-corrected chi connectivity index (χ1v) is 16.7. The van der Waals surface area contributed by atoms with Gasteiger partial charge in [-0.3, -0.25) is 9.59 Å². The molecule has 42 heavy (non-hydrogen) atoms. The average Bonchev–Trinajstić information content (AvgIpc) is 3.40. The van der Waals surface area contributed by atoms with Gasteiger partial charge in [-0.05, 0) is 72.2 Å². The van der Waals surface area contributed by atoms with Gasteiger partial charge in [-0.1, -0.05) is 59.7 Å². The number of esters is 2. The van der Waals surface area contributed by atoms with E-state index in [-0.39, 0.29) is 22.8 Å². The number of carbonyl (C=O) groups is 2. The molecule has 0 aliphatic carbocycles. The summed E-state index contributed by atoms with van der Waals surface area (Å²) in [7, 11) is -1.45. The average molecular weight is 611 g/mol. The van der Waals surface area contributed by atoms with E-state index in [4.69, 9.17) is 17.9 Å². The van der Waals surface area contributed by atoms with Crippen molar-refractivity contribution < 1.29 is 27.5 Å². The van der Waals surface area contributed by atoms with Crippen molar-refractivity contribution in [2.75, 3.05) is 13.2 Å². The summed E-state index contributed by atoms with van der Waals surface area (Å²) < 4.78 is 25.3. The molecular weight excluding hydrogens is 567 g/mol. The van der Waals surface area contributed by atoms with E-state index in [9.17, 15) is 9.59 Å². The van der Waals surface area contributed by atoms with Crippen LogP contribution in [0.4, 0.5) is 0 Å². The molecule has 0 unspecified atom stereocenters. The molecule has 0 saturated carbocycles. The monoisotopic (exact) mass is 610 g/mol. The van der Waals surface area contributed by atoms with E-state index in [1.807, 2.05) is 25.3 Å². The third kappa shape index (κ3) is 7.48. The number of benzene rings is 2. The second-order valence-corrected chi connectivity index (χ2v) is 15.2. The van der Waals surface area contributed by atoms with E-state index in [0.29, 0.717) is 38.9 Å². The molecule has 0 aliphatic heterocycles. The summed E-state index contributed by atoms with van der Waals surface area (Å²) in [6, 6.07) is 12.7. The Morgan fingerprint density at radius 3 is 1.57 bits per heavy atom. The molecule has 2 aromatic carbocycles. The zero-order valence-electron chi connectivity index (χ0n) is 26.1. The van der Waals surface area contributed by atoms with Crippen LogP contribution in [0.1, 0.15) is 90.5 Å². The molecule has 6 nitrogen and oxygen atoms in total. The molecule has 0 bridgehead atoms. The predicted octanol–water partition coefficient (Wildman–Crippen LogP) is 9.93. The molecule has 2 aromatic heterocycles. The van der Waals surface area contributed by atoms with Gasteiger partial charge >= 0.3 is 11.9 Å². The molecule has 4 aromatic rings. The molecule has 2 heterocycles. The minimum absolute atomic E-state index is 0.206. The Balaban J connectivity index is 2.10. The highest BCUT2D eigenvalue weighted by Crippen LogP contribution is 2.48. The van der Waals surface area contributed by atoms with Crippen molar-refractivity contribution in [3.63, 3.8) is 0 Å². The molecular formula is C34H43O6PS. The van der Waals surface area contributed by atoms with E-state index in [2.05, 4.69) is 71.9 Å². The van der Waals surface area contributed by atoms with Crippen molar-refractivity contribution in [1.29, 1.82) is 0 Å². The van der Waals surface area contributed by atoms with Gasteiger partial charge in [0.15, 0.2) is 0 Å². The summed E-state index contributed by atoms with van der Waals surface area (Å²) in [6.45, 7) is 17.4. The fourth-order valence-electron chi connectivity index (χ4n) is 4.98. The third-order valence-electron chi connectivity index (χ3n) is 7.08. The molecule has 0 radical (unpaired) electrons. The van der Waals surface area contributed by atoms with Gasteiger partial charge in [0.05, 0.1) is 13.2 Å². The van der Waals surface area contributed by atoms with Gasteiger partial charge in [-0.25, -0.2) is 0 Å². The third-order valence-corrected chi connectivity index (χ3v) is 9.72. The van der Waals surface area contributed by atoms with Crippen LogP contribution in [-0.2, 0) is 42.7 Å². The second-order valence-electron chi connectivity index (χ2n) is 12.5. The Kier molecular flexibility index (Phi) is 9.95. The van der Waals surface area contributed by atoms with Crippen molar-refractivity contribution in [3.05, 3.63) is 64.0 Å². The molecule has 8 heteroatoms. The number of fused-ring (bicyclic) bond motifs is 3. The molecule has 0 fully saturated rings. The van der Waals surface area contributed by atoms with Gasteiger partial charge in [0.2, 0.25) is 0 Å². The number of aryl methyl sites for hydroxylation is 2. The van der Waals surface area contributed by atoms with Crippen LogP contribution in [0.15, 0.2) is 50.2 Å². The molecule has 0 saturated heterocycles. The van der Waals surface area contributed by atoms with Crippen molar-refractivity contribution >= 4 is 53.2 Å². The summed E-state index contributed by atoms with van der Waals surface area (Å²) in [6.07, 6.45) is 1.71. The van der Waals surface area contributed by atoms with Gasteiger partial charge in [0.25, 0.3) is 8.01 Å². The quantitative estimate of drug-likeness (QED) is 0.176. The van der Waals surface area contributed by atoms with Gasteiger partial charge in [0, 0.05) is 34.7 Å². The van der Waals surface area contributed by atoms with Gasteiger partial charge in [-0.2, -0.15) is 0 Å². The molecule has 4 rings (SSSR count). The summed E-state index contributed by atoms with van der Waals surface area (Å²) in [5, 5.41) is 3.94. The first kappa shape index (κ1) is 31.9. The number of rotatable bonds is 9. The molecule has 226 valence electrons. The summed E-state index contributed by atoms with van der Waals surface area (Å²) in [4.78, 5) is 24.6. The van der Waals surface area contributed by atoms with Gasteiger partial charge in [0.1, 0.15) is 15.8 Å². The smallest absolute Gasteiger partial charge is 0.306 e. The number of carbonyl (C=O) groups excluding carboxylic acids is 2. The Morgan fingerprint density at radius 1 is 0.762 bits per heavy atom. The lowest BCUT2D eigenvalue weighted by Crippen LogP contribution is -2.13. The highest BCUT2D eigenvalue weighted by atomic mass is 32.1. The molecule has 0 amide bonds. The molecule has 0 spiro atoms. The lowest BCUT2D eigenvalue weighted by Gasteiger charge is -2.22. The van der Waals surface area contributed by atoms with Crippen LogP contribution in [0, 0.1) is 0 Å². The maximum atomic E-state index is 12.3. The lowest BCUT2D eigenvalue weighted by atomic mass is 9.82. The first-order valence-electron chi connectivity index (χ1n) is 14.7. The van der Waals surface area contributed by atoms with Crippen LogP contribution in [0.2, 0.25) is 0 Å². The van der Waals surface area contributed by atoms with E-state index in [1.165, 1.54) is 0 Å². The number of ether oxygens (including phenoxy) is 2. The van der Waals surface area contributed by atoms with Crippen molar-refractivity contribution in [2.45, 2.75) is 91.9 Å². The van der Waals surface area contributed by atoms with E-state index >= 15 is 0 Å². The van der Waals surface area contributed by atoms with Crippen LogP contribution in [0.5, 0.6) is 0 Å². The molecule has 0 aliphatic rings. The largest absolute Gasteiger partial charge is 0.466 e. The van der Waals surface area contributed by atoms with Crippen molar-refractivity contribution in [1.82, 2.24) is 0 Å². The number of hydrogen-bond donors (Lipinski definition) is 0. The summed E-state index contributed by atoms with van der Waals surface area (Å²) in [5.74, 6) is -0.413. The fourth-order valence-corrected chi connectivity index (χ4v) is 7.34. The van der Waals surface area contributed by atoms with Gasteiger partial charge < -0.3 is 17.9 Å². The zero-order valence-corrected chi connectivity index (χ0v) is 27.8. The second kappa shape index (κ2) is 13.1. The fraction of sp³-hybridized carbons (Fsp3) is 0.471. The van der Waals surface area contributed by atoms with Crippen LogP contribution in [-0.4, -0.2) is 25.2 Å². The Hall–Kier alpha value is -3.02. The highest BCUT2D eigenvalue weighted by molar-refractivity contribution is 7.54. The minimum atomic E-state index is -1.45. The Morgan fingerprint density at radius 2 is 1.21 bits per heavy atom. The summed E-state index contributed by atoms with van der Waals surface area (Å²) >= 11 is 1.63. The Bertz CT molecular complexity index is 1500. The van der Waals surface area contributed by atoms with Crippen LogP contribution < -0.4 is 0 Å². The number of thiophene rings is 1. The van der Waals surface area contributed by atoms with E-state index < -0.39 is 8.01 Å². The van der Waals surface area contributed by atoms with Crippen LogP contribution in [0.25, 0.3) is 26.6 Å². The standard InChI is InChI=1S/C34H43O6PS/c1-9-37-28(35)15-13-22-18-24-25-19-23(14-16-29(36)38-10-2)21-27(34(6,7)8)32(25)40-41(30-12-11-17-42-30)39-31(24)26(20-22)33(3,4)5/h11-12,17-21H,9-10,13-16H2,1-8H3. The summed E-state index contributed by atoms with van der Waals surface area (Å²) in [5.41, 5.74) is 5.35. The van der Waals surface area contributed by atoms with Crippen molar-refractivity contribution in [2.24, 2.45) is 0 Å². The topological polar surface area (TPSA) is 78.9 Å². The van der Waals surface area contributed by atoms with Crippen LogP contribution >= 0.6 is 19.4 Å². The minimum Gasteiger partial charge on any atom is -0.466 e. The van der Waals surface area contributed by atoms with E-state index in [0.717, 1.165) is 48.8 Å². The molecule has 0 N–H and O–H groups in total. The SMILES string of the molecule is CCOC(=O)CCc1cc(C(C)(C)C)c2op(-c3cccs3)oc3c(C(C)(C)C)cc(CCC(=O)OCC)cc3c2c1. The molecule has 0 atom stereocenters. The zero-order chi connectivity index (χ0) is 30.7. The Labute approximate surface area is 253 Å². The predicted molar refractivity (Wildman–Crippen MR) is 173 cm³/mol. The van der Waals surface area contributed by atoms with Gasteiger partial charge in [-0.15, -0.1) is 11.3 Å². The van der Waals surface area contributed by atoms with Crippen LogP contribution in [0.3, 0.4) is 0 Å². The first-order chi connectivity index (χ1) is 19.8.